The van der Waals surface area contributed by atoms with E-state index in [1.165, 1.54) is 11.1 Å². The molecule has 7 nitrogen and oxygen atoms in total. The summed E-state index contributed by atoms with van der Waals surface area (Å²) >= 11 is 1.55. The van der Waals surface area contributed by atoms with E-state index in [4.69, 9.17) is 4.74 Å². The van der Waals surface area contributed by atoms with Gasteiger partial charge in [-0.25, -0.2) is 14.7 Å². The standard InChI is InChI=1S/C22H20F3N5O2S/c1-32-17-7-3-15(4-8-17)29-12-14-11-26-20(27-13-22(23,24)25)28-19(14)30(21(29)31)16-5-9-18(33-2)10-6-16/h3-11H,12-13H2,1-2H3,(H,26,27,28). The molecule has 2 aromatic carbocycles. The molecule has 33 heavy (non-hydrogen) atoms. The minimum atomic E-state index is -4.42. The summed E-state index contributed by atoms with van der Waals surface area (Å²) in [5, 5.41) is 2.18. The highest BCUT2D eigenvalue weighted by molar-refractivity contribution is 7.98. The number of nitrogens with one attached hydrogen (secondary N) is 1. The molecule has 0 unspecified atom stereocenters. The van der Waals surface area contributed by atoms with E-state index in [1.54, 1.807) is 60.2 Å². The van der Waals surface area contributed by atoms with E-state index in [-0.39, 0.29) is 24.3 Å². The van der Waals surface area contributed by atoms with Crippen LogP contribution in [0.25, 0.3) is 0 Å². The molecule has 1 aromatic heterocycles. The van der Waals surface area contributed by atoms with Crippen molar-refractivity contribution in [3.63, 3.8) is 0 Å². The van der Waals surface area contributed by atoms with Crippen molar-refractivity contribution >= 4 is 40.9 Å². The number of rotatable bonds is 6. The number of nitrogens with zero attached hydrogens (tertiary/aromatic N) is 4. The van der Waals surface area contributed by atoms with Crippen molar-refractivity contribution in [3.8, 4) is 5.75 Å². The van der Waals surface area contributed by atoms with Gasteiger partial charge in [0.05, 0.1) is 19.3 Å². The van der Waals surface area contributed by atoms with Crippen LogP contribution in [0.5, 0.6) is 5.75 Å². The number of urea groups is 1. The highest BCUT2D eigenvalue weighted by atomic mass is 32.2. The van der Waals surface area contributed by atoms with Crippen molar-refractivity contribution in [1.82, 2.24) is 9.97 Å². The zero-order valence-corrected chi connectivity index (χ0v) is 18.6. The number of methoxy groups -OCH3 is 1. The predicted molar refractivity (Wildman–Crippen MR) is 122 cm³/mol. The molecule has 0 aliphatic carbocycles. The summed E-state index contributed by atoms with van der Waals surface area (Å²) in [5.41, 5.74) is 1.77. The highest BCUT2D eigenvalue weighted by Crippen LogP contribution is 2.37. The number of hydrogen-bond acceptors (Lipinski definition) is 6. The molecule has 0 bridgehead atoms. The number of carbonyl (C=O) groups excluding carboxylic acids is 1. The summed E-state index contributed by atoms with van der Waals surface area (Å²) in [6.07, 6.45) is -1.05. The second-order valence-corrected chi connectivity index (χ2v) is 7.99. The summed E-state index contributed by atoms with van der Waals surface area (Å²) < 4.78 is 43.1. The van der Waals surface area contributed by atoms with Gasteiger partial charge in [-0.2, -0.15) is 18.2 Å². The van der Waals surface area contributed by atoms with Crippen LogP contribution < -0.4 is 19.9 Å². The first-order chi connectivity index (χ1) is 15.8. The molecule has 3 aromatic rings. The van der Waals surface area contributed by atoms with Crippen molar-refractivity contribution in [2.45, 2.75) is 17.6 Å². The zero-order valence-electron chi connectivity index (χ0n) is 17.8. The summed E-state index contributed by atoms with van der Waals surface area (Å²) in [6, 6.07) is 13.9. The van der Waals surface area contributed by atoms with Crippen LogP contribution in [0.1, 0.15) is 5.56 Å². The number of benzene rings is 2. The van der Waals surface area contributed by atoms with Crippen molar-refractivity contribution in [2.24, 2.45) is 0 Å². The van der Waals surface area contributed by atoms with Crippen LogP contribution in [0.3, 0.4) is 0 Å². The van der Waals surface area contributed by atoms with Gasteiger partial charge < -0.3 is 10.1 Å². The number of alkyl halides is 3. The topological polar surface area (TPSA) is 70.6 Å². The van der Waals surface area contributed by atoms with Gasteiger partial charge in [0, 0.05) is 22.3 Å². The highest BCUT2D eigenvalue weighted by Gasteiger charge is 2.35. The number of ether oxygens (including phenoxy) is 1. The maximum atomic E-state index is 13.6. The lowest BCUT2D eigenvalue weighted by Crippen LogP contribution is -2.45. The van der Waals surface area contributed by atoms with Crippen molar-refractivity contribution in [1.29, 1.82) is 0 Å². The van der Waals surface area contributed by atoms with Crippen LogP contribution in [0.15, 0.2) is 59.6 Å². The monoisotopic (exact) mass is 475 g/mol. The Hall–Kier alpha value is -3.47. The van der Waals surface area contributed by atoms with Gasteiger partial charge >= 0.3 is 12.2 Å². The van der Waals surface area contributed by atoms with Crippen LogP contribution in [0.4, 0.5) is 41.1 Å². The normalized spacial score (nSPS) is 13.7. The Bertz CT molecular complexity index is 1140. The van der Waals surface area contributed by atoms with Crippen LogP contribution >= 0.6 is 11.8 Å². The third-order valence-electron chi connectivity index (χ3n) is 4.97. The second-order valence-electron chi connectivity index (χ2n) is 7.11. The lowest BCUT2D eigenvalue weighted by atomic mass is 10.1. The van der Waals surface area contributed by atoms with E-state index in [2.05, 4.69) is 15.3 Å². The minimum Gasteiger partial charge on any atom is -0.497 e. The molecule has 2 heterocycles. The Labute approximate surface area is 192 Å². The second kappa shape index (κ2) is 9.18. The Morgan fingerprint density at radius 3 is 2.36 bits per heavy atom. The smallest absolute Gasteiger partial charge is 0.405 e. The van der Waals surface area contributed by atoms with Crippen LogP contribution in [-0.2, 0) is 6.54 Å². The molecule has 0 atom stereocenters. The SMILES string of the molecule is COc1ccc(N2Cc3cnc(NCC(F)(F)F)nc3N(c3ccc(SC)cc3)C2=O)cc1. The maximum absolute atomic E-state index is 13.6. The number of hydrogen-bond donors (Lipinski definition) is 1. The molecule has 0 saturated heterocycles. The fourth-order valence-corrected chi connectivity index (χ4v) is 3.75. The molecule has 172 valence electrons. The van der Waals surface area contributed by atoms with Gasteiger partial charge in [-0.1, -0.05) is 0 Å². The minimum absolute atomic E-state index is 0.166. The number of halogens is 3. The van der Waals surface area contributed by atoms with E-state index in [0.29, 0.717) is 22.7 Å². The number of fused-ring (bicyclic) bond motifs is 1. The van der Waals surface area contributed by atoms with Crippen molar-refractivity contribution in [3.05, 3.63) is 60.3 Å². The van der Waals surface area contributed by atoms with E-state index in [0.717, 1.165) is 4.90 Å². The summed E-state index contributed by atoms with van der Waals surface area (Å²) in [7, 11) is 1.55. The molecule has 1 aliphatic heterocycles. The fraction of sp³-hybridized carbons (Fsp3) is 0.227. The third kappa shape index (κ3) is 4.98. The summed E-state index contributed by atoms with van der Waals surface area (Å²) in [6.45, 7) is -1.11. The number of carbonyl (C=O) groups is 1. The van der Waals surface area contributed by atoms with Crippen molar-refractivity contribution < 1.29 is 22.7 Å². The maximum Gasteiger partial charge on any atom is 0.405 e. The number of aromatic nitrogens is 2. The zero-order chi connectivity index (χ0) is 23.6. The summed E-state index contributed by atoms with van der Waals surface area (Å²) in [5.74, 6) is 0.681. The predicted octanol–water partition coefficient (Wildman–Crippen LogP) is 5.46. The molecule has 1 aliphatic rings. The van der Waals surface area contributed by atoms with Crippen LogP contribution in [0.2, 0.25) is 0 Å². The molecule has 2 amide bonds. The Kier molecular flexibility index (Phi) is 6.32. The van der Waals surface area contributed by atoms with Crippen molar-refractivity contribution in [2.75, 3.05) is 35.0 Å². The van der Waals surface area contributed by atoms with E-state index >= 15 is 0 Å². The molecule has 1 N–H and O–H groups in total. The third-order valence-corrected chi connectivity index (χ3v) is 5.71. The van der Waals surface area contributed by atoms with Crippen LogP contribution in [0, 0.1) is 0 Å². The van der Waals surface area contributed by atoms with E-state index in [1.807, 2.05) is 18.4 Å². The average Bonchev–Trinajstić information content (AvgIpc) is 2.82. The van der Waals surface area contributed by atoms with Gasteiger partial charge in [-0.05, 0) is 54.8 Å². The Morgan fingerprint density at radius 1 is 1.09 bits per heavy atom. The van der Waals surface area contributed by atoms with E-state index in [9.17, 15) is 18.0 Å². The van der Waals surface area contributed by atoms with Gasteiger partial charge in [0.15, 0.2) is 5.82 Å². The molecular formula is C22H20F3N5O2S. The van der Waals surface area contributed by atoms with Crippen LogP contribution in [-0.4, -0.2) is 42.1 Å². The number of anilines is 4. The molecular weight excluding hydrogens is 455 g/mol. The van der Waals surface area contributed by atoms with Gasteiger partial charge in [-0.3, -0.25) is 4.90 Å². The molecule has 0 saturated carbocycles. The van der Waals surface area contributed by atoms with E-state index < -0.39 is 12.7 Å². The summed E-state index contributed by atoms with van der Waals surface area (Å²) in [4.78, 5) is 25.8. The first-order valence-corrected chi connectivity index (χ1v) is 11.1. The van der Waals surface area contributed by atoms with Gasteiger partial charge in [-0.15, -0.1) is 11.8 Å². The van der Waals surface area contributed by atoms with Gasteiger partial charge in [0.25, 0.3) is 0 Å². The quantitative estimate of drug-likeness (QED) is 0.478. The average molecular weight is 475 g/mol. The molecule has 0 spiro atoms. The largest absolute Gasteiger partial charge is 0.497 e. The first-order valence-electron chi connectivity index (χ1n) is 9.85. The molecule has 0 fully saturated rings. The fourth-order valence-electron chi connectivity index (χ4n) is 3.34. The molecule has 11 heteroatoms. The first kappa shape index (κ1) is 22.7. The lowest BCUT2D eigenvalue weighted by Gasteiger charge is -2.36. The Balaban J connectivity index is 1.75. The lowest BCUT2D eigenvalue weighted by molar-refractivity contribution is -0.115. The number of thioether (sulfide) groups is 1. The number of amides is 2. The van der Waals surface area contributed by atoms with Gasteiger partial charge in [0.2, 0.25) is 5.95 Å². The Morgan fingerprint density at radius 2 is 1.76 bits per heavy atom. The van der Waals surface area contributed by atoms with Gasteiger partial charge in [0.1, 0.15) is 12.3 Å². The molecule has 0 radical (unpaired) electrons. The molecule has 4 rings (SSSR count).